The zero-order chi connectivity index (χ0) is 19.5. The van der Waals surface area contributed by atoms with Crippen molar-refractivity contribution in [2.24, 2.45) is 5.10 Å². The van der Waals surface area contributed by atoms with Gasteiger partial charge in [-0.15, -0.1) is 11.3 Å². The molecule has 0 aliphatic carbocycles. The van der Waals surface area contributed by atoms with Crippen LogP contribution in [0.1, 0.15) is 11.1 Å². The molecule has 0 saturated heterocycles. The van der Waals surface area contributed by atoms with E-state index in [1.165, 1.54) is 33.5 Å². The third kappa shape index (κ3) is 3.73. The maximum absolute atomic E-state index is 12.9. The quantitative estimate of drug-likeness (QED) is 0.383. The van der Waals surface area contributed by atoms with Gasteiger partial charge in [0, 0.05) is 25.0 Å². The average molecular weight is 388 g/mol. The first-order valence-electron chi connectivity index (χ1n) is 8.95. The molecule has 0 spiro atoms. The molecule has 2 aromatic carbocycles. The van der Waals surface area contributed by atoms with Gasteiger partial charge in [0.1, 0.15) is 17.5 Å². The summed E-state index contributed by atoms with van der Waals surface area (Å²) in [4.78, 5) is 19.8. The molecule has 0 unspecified atom stereocenters. The Hall–Kier alpha value is -3.25. The van der Waals surface area contributed by atoms with E-state index in [1.807, 2.05) is 25.5 Å². The molecule has 2 aromatic heterocycles. The van der Waals surface area contributed by atoms with Crippen LogP contribution in [0.4, 0.5) is 0 Å². The smallest absolute Gasteiger partial charge is 0.283 e. The fraction of sp³-hybridized carbons (Fsp3) is 0.136. The molecular weight excluding hydrogens is 368 g/mol. The fourth-order valence-electron chi connectivity index (χ4n) is 3.01. The van der Waals surface area contributed by atoms with E-state index >= 15 is 0 Å². The van der Waals surface area contributed by atoms with E-state index in [1.54, 1.807) is 11.2 Å². The Morgan fingerprint density at radius 1 is 1.07 bits per heavy atom. The Labute approximate surface area is 167 Å². The maximum Gasteiger partial charge on any atom is 0.283 e. The molecule has 0 aliphatic rings. The summed E-state index contributed by atoms with van der Waals surface area (Å²) >= 11 is 1.48. The summed E-state index contributed by atoms with van der Waals surface area (Å²) in [6.45, 7) is 0. The highest BCUT2D eigenvalue weighted by Gasteiger charge is 2.13. The molecule has 2 heterocycles. The Morgan fingerprint density at radius 3 is 2.50 bits per heavy atom. The first-order chi connectivity index (χ1) is 13.6. The molecule has 0 fully saturated rings. The van der Waals surface area contributed by atoms with Gasteiger partial charge in [0.2, 0.25) is 0 Å². The second-order valence-corrected chi connectivity index (χ2v) is 7.64. The highest BCUT2D eigenvalue weighted by molar-refractivity contribution is 7.17. The van der Waals surface area contributed by atoms with E-state index in [2.05, 4.69) is 58.6 Å². The van der Waals surface area contributed by atoms with Crippen molar-refractivity contribution >= 4 is 27.9 Å². The Bertz CT molecular complexity index is 1170. The maximum atomic E-state index is 12.9. The molecule has 0 N–H and O–H groups in total. The molecule has 140 valence electrons. The van der Waals surface area contributed by atoms with Crippen molar-refractivity contribution in [1.82, 2.24) is 14.6 Å². The van der Waals surface area contributed by atoms with Crippen LogP contribution in [0.15, 0.2) is 76.2 Å². The first kappa shape index (κ1) is 18.1. The topological polar surface area (TPSA) is 50.5 Å². The highest BCUT2D eigenvalue weighted by atomic mass is 32.1. The molecule has 4 aromatic rings. The lowest BCUT2D eigenvalue weighted by molar-refractivity contribution is 0.629. The summed E-state index contributed by atoms with van der Waals surface area (Å²) < 4.78 is 1.28. The van der Waals surface area contributed by atoms with Crippen LogP contribution in [0.2, 0.25) is 0 Å². The Morgan fingerprint density at radius 2 is 1.79 bits per heavy atom. The van der Waals surface area contributed by atoms with Crippen LogP contribution in [0.5, 0.6) is 0 Å². The van der Waals surface area contributed by atoms with Crippen LogP contribution >= 0.6 is 11.3 Å². The molecule has 0 atom stereocenters. The molecule has 0 bridgehead atoms. The zero-order valence-corrected chi connectivity index (χ0v) is 16.6. The average Bonchev–Trinajstić information content (AvgIpc) is 3.14. The van der Waals surface area contributed by atoms with E-state index < -0.39 is 0 Å². The molecule has 4 rings (SSSR count). The van der Waals surface area contributed by atoms with E-state index in [0.717, 1.165) is 22.4 Å². The number of fused-ring (bicyclic) bond motifs is 1. The van der Waals surface area contributed by atoms with Crippen LogP contribution in [-0.4, -0.2) is 35.0 Å². The summed E-state index contributed by atoms with van der Waals surface area (Å²) in [5.74, 6) is 0. The van der Waals surface area contributed by atoms with Gasteiger partial charge in [-0.3, -0.25) is 4.79 Å². The van der Waals surface area contributed by atoms with Crippen molar-refractivity contribution in [2.45, 2.75) is 6.42 Å². The number of hydrogen-bond acceptors (Lipinski definition) is 4. The van der Waals surface area contributed by atoms with E-state index in [-0.39, 0.29) is 5.56 Å². The highest BCUT2D eigenvalue weighted by Crippen LogP contribution is 2.31. The lowest BCUT2D eigenvalue weighted by Gasteiger charge is -2.05. The standard InChI is InChI=1S/C22H20N4OS/c1-25(2)15-24-26-14-23-21-20(22(26)27)19(13-28-21)18-10-8-17(9-11-18)12-16-6-4-3-5-7-16/h3-11,13-15H,12H2,1-2H3. The second kappa shape index (κ2) is 7.78. The van der Waals surface area contributed by atoms with Gasteiger partial charge in [-0.1, -0.05) is 54.6 Å². The van der Waals surface area contributed by atoms with Crippen LogP contribution < -0.4 is 5.56 Å². The van der Waals surface area contributed by atoms with Crippen LogP contribution in [0, 0.1) is 0 Å². The number of rotatable bonds is 5. The largest absolute Gasteiger partial charge is 0.367 e. The van der Waals surface area contributed by atoms with Crippen molar-refractivity contribution < 1.29 is 0 Å². The summed E-state index contributed by atoms with van der Waals surface area (Å²) in [5, 5.41) is 6.78. The van der Waals surface area contributed by atoms with Gasteiger partial charge in [-0.2, -0.15) is 9.78 Å². The minimum atomic E-state index is -0.160. The normalized spacial score (nSPS) is 11.4. The lowest BCUT2D eigenvalue weighted by Crippen LogP contribution is -2.19. The first-order valence-corrected chi connectivity index (χ1v) is 9.83. The second-order valence-electron chi connectivity index (χ2n) is 6.78. The zero-order valence-electron chi connectivity index (χ0n) is 15.7. The van der Waals surface area contributed by atoms with Crippen LogP contribution in [0.25, 0.3) is 21.3 Å². The third-order valence-corrected chi connectivity index (χ3v) is 5.29. The van der Waals surface area contributed by atoms with Gasteiger partial charge in [-0.25, -0.2) is 4.98 Å². The number of aromatic nitrogens is 2. The number of thiophene rings is 1. The predicted molar refractivity (Wildman–Crippen MR) is 116 cm³/mol. The lowest BCUT2D eigenvalue weighted by atomic mass is 10.0. The molecule has 5 nitrogen and oxygen atoms in total. The predicted octanol–water partition coefficient (Wildman–Crippen LogP) is 4.07. The van der Waals surface area contributed by atoms with Crippen molar-refractivity contribution in [3.05, 3.63) is 87.8 Å². The van der Waals surface area contributed by atoms with Crippen molar-refractivity contribution in [1.29, 1.82) is 0 Å². The van der Waals surface area contributed by atoms with E-state index in [9.17, 15) is 4.79 Å². The number of hydrogen-bond donors (Lipinski definition) is 0. The SMILES string of the molecule is CN(C)C=Nn1cnc2scc(-c3ccc(Cc4ccccc4)cc3)c2c1=O. The summed E-state index contributed by atoms with van der Waals surface area (Å²) in [6, 6.07) is 18.8. The van der Waals surface area contributed by atoms with Gasteiger partial charge in [0.15, 0.2) is 0 Å². The van der Waals surface area contributed by atoms with Gasteiger partial charge in [0.25, 0.3) is 5.56 Å². The summed E-state index contributed by atoms with van der Waals surface area (Å²) in [5.41, 5.74) is 4.27. The molecule has 28 heavy (non-hydrogen) atoms. The number of benzene rings is 2. The third-order valence-electron chi connectivity index (χ3n) is 4.40. The Balaban J connectivity index is 1.69. The minimum absolute atomic E-state index is 0.160. The minimum Gasteiger partial charge on any atom is -0.367 e. The van der Waals surface area contributed by atoms with Crippen molar-refractivity contribution in [3.63, 3.8) is 0 Å². The van der Waals surface area contributed by atoms with Crippen molar-refractivity contribution in [2.75, 3.05) is 14.1 Å². The number of nitrogens with zero attached hydrogens (tertiary/aromatic N) is 4. The molecule has 0 saturated carbocycles. The summed E-state index contributed by atoms with van der Waals surface area (Å²) in [6.07, 6.45) is 3.94. The van der Waals surface area contributed by atoms with Crippen LogP contribution in [-0.2, 0) is 6.42 Å². The molecule has 0 radical (unpaired) electrons. The van der Waals surface area contributed by atoms with Crippen molar-refractivity contribution in [3.8, 4) is 11.1 Å². The Kier molecular flexibility index (Phi) is 5.04. The monoisotopic (exact) mass is 388 g/mol. The molecule has 0 aliphatic heterocycles. The molecular formula is C22H20N4OS. The van der Waals surface area contributed by atoms with Gasteiger partial charge in [0.05, 0.1) is 5.39 Å². The summed E-state index contributed by atoms with van der Waals surface area (Å²) in [7, 11) is 3.71. The van der Waals surface area contributed by atoms with E-state index in [4.69, 9.17) is 0 Å². The van der Waals surface area contributed by atoms with Crippen LogP contribution in [0.3, 0.4) is 0 Å². The molecule has 6 heteroatoms. The molecule has 0 amide bonds. The van der Waals surface area contributed by atoms with Gasteiger partial charge >= 0.3 is 0 Å². The van der Waals surface area contributed by atoms with Gasteiger partial charge in [-0.05, 0) is 23.1 Å². The van der Waals surface area contributed by atoms with E-state index in [0.29, 0.717) is 5.39 Å². The fourth-order valence-corrected chi connectivity index (χ4v) is 3.92. The van der Waals surface area contributed by atoms with Gasteiger partial charge < -0.3 is 4.90 Å².